The molecule has 2 heterocycles. The molecule has 3 aromatic rings. The van der Waals surface area contributed by atoms with Gasteiger partial charge >= 0.3 is 5.97 Å². The van der Waals surface area contributed by atoms with Crippen LogP contribution in [0.3, 0.4) is 0 Å². The molecule has 1 aliphatic rings. The summed E-state index contributed by atoms with van der Waals surface area (Å²) in [6, 6.07) is 13.4. The molecule has 1 fully saturated rings. The van der Waals surface area contributed by atoms with Gasteiger partial charge in [-0.2, -0.15) is 0 Å². The molecular weight excluding hydrogens is 409 g/mol. The molecule has 0 spiro atoms. The normalized spacial score (nSPS) is 18.3. The van der Waals surface area contributed by atoms with Crippen molar-refractivity contribution in [2.45, 2.75) is 36.5 Å². The van der Waals surface area contributed by atoms with Crippen LogP contribution in [0.1, 0.15) is 19.2 Å². The van der Waals surface area contributed by atoms with Crippen LogP contribution in [-0.4, -0.2) is 39.2 Å². The quantitative estimate of drug-likeness (QED) is 0.529. The van der Waals surface area contributed by atoms with Gasteiger partial charge in [0, 0.05) is 6.42 Å². The standard InChI is InChI=1S/C21H20FN3O4S/c1-13-11-18(20(26)29-13)30-21-24-23-19(25(21)17-6-4-3-5-16(17)22)12-28-15-9-7-14(27-2)8-10-15/h3-10,13,18H,11-12H2,1-2H3. The number of nitrogens with zero attached hydrogens (tertiary/aromatic N) is 3. The van der Waals surface area contributed by atoms with E-state index in [9.17, 15) is 9.18 Å². The van der Waals surface area contributed by atoms with Crippen molar-refractivity contribution in [1.29, 1.82) is 0 Å². The maximum atomic E-state index is 14.6. The van der Waals surface area contributed by atoms with Crippen molar-refractivity contribution >= 4 is 17.7 Å². The summed E-state index contributed by atoms with van der Waals surface area (Å²) in [5, 5.41) is 8.38. The molecule has 0 bridgehead atoms. The number of thioether (sulfide) groups is 1. The third-order valence-electron chi connectivity index (χ3n) is 4.60. The Bertz CT molecular complexity index is 1040. The number of aromatic nitrogens is 3. The number of hydrogen-bond donors (Lipinski definition) is 0. The predicted molar refractivity (Wildman–Crippen MR) is 108 cm³/mol. The van der Waals surface area contributed by atoms with Crippen molar-refractivity contribution < 1.29 is 23.4 Å². The third-order valence-corrected chi connectivity index (χ3v) is 5.74. The lowest BCUT2D eigenvalue weighted by Gasteiger charge is -2.13. The molecule has 0 amide bonds. The minimum absolute atomic E-state index is 0.0692. The van der Waals surface area contributed by atoms with E-state index in [1.165, 1.54) is 17.8 Å². The number of cyclic esters (lactones) is 1. The van der Waals surface area contributed by atoms with Crippen molar-refractivity contribution in [3.8, 4) is 17.2 Å². The van der Waals surface area contributed by atoms with Gasteiger partial charge in [0.2, 0.25) is 0 Å². The van der Waals surface area contributed by atoms with E-state index in [0.717, 1.165) is 0 Å². The number of carbonyl (C=O) groups is 1. The smallest absolute Gasteiger partial charge is 0.319 e. The number of methoxy groups -OCH3 is 1. The largest absolute Gasteiger partial charge is 0.497 e. The first kappa shape index (κ1) is 20.2. The van der Waals surface area contributed by atoms with E-state index in [2.05, 4.69) is 10.2 Å². The number of hydrogen-bond acceptors (Lipinski definition) is 7. The van der Waals surface area contributed by atoms with Crippen LogP contribution in [0.2, 0.25) is 0 Å². The predicted octanol–water partition coefficient (Wildman–Crippen LogP) is 3.79. The second kappa shape index (κ2) is 8.74. The van der Waals surface area contributed by atoms with Crippen LogP contribution in [0.25, 0.3) is 5.69 Å². The first-order chi connectivity index (χ1) is 14.5. The molecule has 1 aliphatic heterocycles. The van der Waals surface area contributed by atoms with E-state index >= 15 is 0 Å². The van der Waals surface area contributed by atoms with E-state index in [-0.39, 0.29) is 24.4 Å². The van der Waals surface area contributed by atoms with E-state index in [4.69, 9.17) is 14.2 Å². The van der Waals surface area contributed by atoms with Gasteiger partial charge in [-0.25, -0.2) is 4.39 Å². The molecule has 1 aromatic heterocycles. The number of esters is 1. The van der Waals surface area contributed by atoms with Crippen molar-refractivity contribution in [1.82, 2.24) is 14.8 Å². The Balaban J connectivity index is 1.62. The summed E-state index contributed by atoms with van der Waals surface area (Å²) in [7, 11) is 1.59. The lowest BCUT2D eigenvalue weighted by molar-refractivity contribution is -0.140. The lowest BCUT2D eigenvalue weighted by Crippen LogP contribution is -2.13. The monoisotopic (exact) mass is 429 g/mol. The van der Waals surface area contributed by atoms with Crippen LogP contribution in [0.15, 0.2) is 53.7 Å². The number of rotatable bonds is 7. The van der Waals surface area contributed by atoms with Gasteiger partial charge in [-0.15, -0.1) is 10.2 Å². The fraction of sp³-hybridized carbons (Fsp3) is 0.286. The highest BCUT2D eigenvalue weighted by molar-refractivity contribution is 8.00. The maximum absolute atomic E-state index is 14.6. The first-order valence-electron chi connectivity index (χ1n) is 9.38. The topological polar surface area (TPSA) is 75.5 Å². The van der Waals surface area contributed by atoms with Gasteiger partial charge in [0.1, 0.15) is 35.3 Å². The molecule has 7 nitrogen and oxygen atoms in total. The second-order valence-corrected chi connectivity index (χ2v) is 7.91. The summed E-state index contributed by atoms with van der Waals surface area (Å²) in [5.41, 5.74) is 0.290. The highest BCUT2D eigenvalue weighted by Crippen LogP contribution is 2.33. The number of benzene rings is 2. The third kappa shape index (κ3) is 4.25. The molecule has 2 aromatic carbocycles. The molecule has 30 heavy (non-hydrogen) atoms. The van der Waals surface area contributed by atoms with Crippen LogP contribution >= 0.6 is 11.8 Å². The van der Waals surface area contributed by atoms with Crippen molar-refractivity contribution in [2.75, 3.05) is 7.11 Å². The molecule has 0 saturated carbocycles. The fourth-order valence-corrected chi connectivity index (χ4v) is 4.28. The Morgan fingerprint density at radius 2 is 1.90 bits per heavy atom. The van der Waals surface area contributed by atoms with Gasteiger partial charge in [0.15, 0.2) is 11.0 Å². The van der Waals surface area contributed by atoms with Gasteiger partial charge in [0.25, 0.3) is 0 Å². The highest BCUT2D eigenvalue weighted by Gasteiger charge is 2.34. The number of ether oxygens (including phenoxy) is 3. The first-order valence-corrected chi connectivity index (χ1v) is 10.3. The minimum Gasteiger partial charge on any atom is -0.497 e. The summed E-state index contributed by atoms with van der Waals surface area (Å²) >= 11 is 1.22. The summed E-state index contributed by atoms with van der Waals surface area (Å²) in [6.45, 7) is 1.91. The summed E-state index contributed by atoms with van der Waals surface area (Å²) in [4.78, 5) is 12.1. The van der Waals surface area contributed by atoms with Crippen LogP contribution in [-0.2, 0) is 16.1 Å². The zero-order valence-corrected chi connectivity index (χ0v) is 17.3. The average Bonchev–Trinajstić information content (AvgIpc) is 3.29. The average molecular weight is 429 g/mol. The Hall–Kier alpha value is -3.07. The van der Waals surface area contributed by atoms with Crippen molar-refractivity contribution in [3.05, 3.63) is 60.2 Å². The molecule has 0 aliphatic carbocycles. The zero-order chi connectivity index (χ0) is 21.1. The van der Waals surface area contributed by atoms with Crippen molar-refractivity contribution in [2.24, 2.45) is 0 Å². The van der Waals surface area contributed by atoms with Crippen LogP contribution in [0, 0.1) is 5.82 Å². The minimum atomic E-state index is -0.424. The number of para-hydroxylation sites is 1. The maximum Gasteiger partial charge on any atom is 0.319 e. The van der Waals surface area contributed by atoms with Crippen LogP contribution in [0.5, 0.6) is 11.5 Å². The van der Waals surface area contributed by atoms with Gasteiger partial charge in [-0.3, -0.25) is 9.36 Å². The Labute approximate surface area is 177 Å². The van der Waals surface area contributed by atoms with Crippen LogP contribution in [0.4, 0.5) is 4.39 Å². The summed E-state index contributed by atoms with van der Waals surface area (Å²) < 4.78 is 32.3. The Kier molecular flexibility index (Phi) is 5.89. The van der Waals surface area contributed by atoms with Gasteiger partial charge < -0.3 is 14.2 Å². The summed E-state index contributed by atoms with van der Waals surface area (Å²) in [5.74, 6) is 1.02. The van der Waals surface area contributed by atoms with Crippen LogP contribution < -0.4 is 9.47 Å². The van der Waals surface area contributed by atoms with E-state index in [0.29, 0.717) is 28.9 Å². The fourth-order valence-electron chi connectivity index (χ4n) is 3.11. The molecule has 2 unspecified atom stereocenters. The molecule has 2 atom stereocenters. The number of carbonyl (C=O) groups excluding carboxylic acids is 1. The molecule has 0 radical (unpaired) electrons. The van der Waals surface area contributed by atoms with Gasteiger partial charge in [-0.1, -0.05) is 23.9 Å². The zero-order valence-electron chi connectivity index (χ0n) is 16.4. The van der Waals surface area contributed by atoms with E-state index in [1.807, 2.05) is 6.92 Å². The second-order valence-electron chi connectivity index (χ2n) is 6.74. The molecule has 9 heteroatoms. The summed E-state index contributed by atoms with van der Waals surface area (Å²) in [6.07, 6.45) is 0.406. The van der Waals surface area contributed by atoms with Crippen molar-refractivity contribution in [3.63, 3.8) is 0 Å². The molecular formula is C21H20FN3O4S. The highest BCUT2D eigenvalue weighted by atomic mass is 32.2. The SMILES string of the molecule is COc1ccc(OCc2nnc(SC3CC(C)OC3=O)n2-c2ccccc2F)cc1. The lowest BCUT2D eigenvalue weighted by atomic mass is 10.3. The molecule has 4 rings (SSSR count). The Morgan fingerprint density at radius 3 is 2.57 bits per heavy atom. The van der Waals surface area contributed by atoms with Gasteiger partial charge in [-0.05, 0) is 43.3 Å². The van der Waals surface area contributed by atoms with E-state index in [1.54, 1.807) is 54.1 Å². The van der Waals surface area contributed by atoms with E-state index < -0.39 is 11.1 Å². The molecule has 156 valence electrons. The Morgan fingerprint density at radius 1 is 1.17 bits per heavy atom. The number of halogens is 1. The molecule has 0 N–H and O–H groups in total. The molecule has 1 saturated heterocycles. The van der Waals surface area contributed by atoms with Gasteiger partial charge in [0.05, 0.1) is 12.8 Å².